The Morgan fingerprint density at radius 2 is 1.42 bits per heavy atom. The lowest BCUT2D eigenvalue weighted by atomic mass is 9.99. The van der Waals surface area contributed by atoms with E-state index in [2.05, 4.69) is 10.6 Å². The molecule has 0 aliphatic heterocycles. The molecule has 0 rings (SSSR count). The molecule has 0 fully saturated rings. The van der Waals surface area contributed by atoms with Crippen LogP contribution in [0.4, 0.5) is 0 Å². The normalized spacial score (nSPS) is 15.3. The maximum atomic E-state index is 12.2. The lowest BCUT2D eigenvalue weighted by Crippen LogP contribution is -2.57. The molecule has 0 radical (unpaired) electrons. The first kappa shape index (κ1) is 17.9. The molecule has 0 aromatic rings. The Bertz CT molecular complexity index is 319. The Kier molecular flexibility index (Phi) is 6.49. The number of amides is 2. The van der Waals surface area contributed by atoms with Crippen molar-refractivity contribution in [1.82, 2.24) is 10.6 Å². The Labute approximate surface area is 116 Å². The minimum Gasteiger partial charge on any atom is -0.350 e. The van der Waals surface area contributed by atoms with Crippen LogP contribution in [-0.4, -0.2) is 29.4 Å². The maximum absolute atomic E-state index is 12.2. The molecule has 2 atom stereocenters. The molecule has 0 heterocycles. The molecule has 112 valence electrons. The molecule has 0 aromatic carbocycles. The summed E-state index contributed by atoms with van der Waals surface area (Å²) in [5.74, 6) is -0.409. The summed E-state index contributed by atoms with van der Waals surface area (Å²) in [6, 6.07) is -1.15. The van der Waals surface area contributed by atoms with E-state index in [4.69, 9.17) is 5.73 Å². The summed E-state index contributed by atoms with van der Waals surface area (Å²) in [6.07, 6.45) is 0. The van der Waals surface area contributed by atoms with Crippen LogP contribution in [-0.2, 0) is 9.59 Å². The predicted octanol–water partition coefficient (Wildman–Crippen LogP) is 1.03. The van der Waals surface area contributed by atoms with Gasteiger partial charge >= 0.3 is 0 Å². The summed E-state index contributed by atoms with van der Waals surface area (Å²) in [5.41, 5.74) is 5.47. The number of nitrogens with one attached hydrogen (secondary N) is 2. The molecule has 0 aromatic heterocycles. The third-order valence-corrected chi connectivity index (χ3v) is 2.77. The van der Waals surface area contributed by atoms with Gasteiger partial charge < -0.3 is 16.4 Å². The number of carbonyl (C=O) groups excluding carboxylic acids is 2. The second kappa shape index (κ2) is 6.89. The van der Waals surface area contributed by atoms with Crippen LogP contribution in [0, 0.1) is 11.8 Å². The third kappa shape index (κ3) is 6.57. The molecule has 0 aliphatic rings. The van der Waals surface area contributed by atoms with Gasteiger partial charge in [0.15, 0.2) is 0 Å². The average Bonchev–Trinajstić information content (AvgIpc) is 2.20. The number of hydrogen-bond acceptors (Lipinski definition) is 3. The average molecular weight is 271 g/mol. The standard InChI is InChI=1S/C14H29N3O2/c1-8(2)10(15)12(18)16-11(9(3)4)13(19)17-14(5,6)7/h8-11H,15H2,1-7H3,(H,16,18)(H,17,19)/t10-,11-/m0/s1. The largest absolute Gasteiger partial charge is 0.350 e. The second-order valence-electron chi connectivity index (χ2n) is 6.74. The topological polar surface area (TPSA) is 84.2 Å². The lowest BCUT2D eigenvalue weighted by Gasteiger charge is -2.28. The summed E-state index contributed by atoms with van der Waals surface area (Å²) in [5, 5.41) is 5.62. The summed E-state index contributed by atoms with van der Waals surface area (Å²) in [7, 11) is 0. The van der Waals surface area contributed by atoms with E-state index in [-0.39, 0.29) is 29.2 Å². The van der Waals surface area contributed by atoms with Crippen LogP contribution in [0.3, 0.4) is 0 Å². The SMILES string of the molecule is CC(C)[C@H](N)C(=O)N[C@H](C(=O)NC(C)(C)C)C(C)C. The Morgan fingerprint density at radius 3 is 1.74 bits per heavy atom. The Morgan fingerprint density at radius 1 is 0.947 bits per heavy atom. The second-order valence-corrected chi connectivity index (χ2v) is 6.74. The number of carbonyl (C=O) groups is 2. The quantitative estimate of drug-likeness (QED) is 0.698. The van der Waals surface area contributed by atoms with Gasteiger partial charge in [0.1, 0.15) is 6.04 Å². The van der Waals surface area contributed by atoms with Crippen molar-refractivity contribution in [3.05, 3.63) is 0 Å². The van der Waals surface area contributed by atoms with Crippen molar-refractivity contribution in [2.75, 3.05) is 0 Å². The van der Waals surface area contributed by atoms with Crippen LogP contribution in [0.5, 0.6) is 0 Å². The van der Waals surface area contributed by atoms with Crippen LogP contribution in [0.1, 0.15) is 48.5 Å². The number of hydrogen-bond donors (Lipinski definition) is 3. The van der Waals surface area contributed by atoms with E-state index < -0.39 is 12.1 Å². The van der Waals surface area contributed by atoms with Crippen LogP contribution >= 0.6 is 0 Å². The molecule has 0 aliphatic carbocycles. The van der Waals surface area contributed by atoms with Crippen LogP contribution < -0.4 is 16.4 Å². The lowest BCUT2D eigenvalue weighted by molar-refractivity contribution is -0.132. The highest BCUT2D eigenvalue weighted by molar-refractivity contribution is 5.90. The molecule has 0 saturated heterocycles. The molecule has 0 bridgehead atoms. The molecule has 0 unspecified atom stereocenters. The van der Waals surface area contributed by atoms with Gasteiger partial charge in [0.2, 0.25) is 11.8 Å². The zero-order valence-corrected chi connectivity index (χ0v) is 13.2. The molecule has 2 amide bonds. The maximum Gasteiger partial charge on any atom is 0.243 e. The highest BCUT2D eigenvalue weighted by Gasteiger charge is 2.29. The minimum absolute atomic E-state index is 0.00524. The van der Waals surface area contributed by atoms with Gasteiger partial charge in [0.05, 0.1) is 6.04 Å². The molecular weight excluding hydrogens is 242 g/mol. The molecule has 0 spiro atoms. The van der Waals surface area contributed by atoms with Gasteiger partial charge in [-0.1, -0.05) is 27.7 Å². The molecule has 19 heavy (non-hydrogen) atoms. The molecule has 4 N–H and O–H groups in total. The van der Waals surface area contributed by atoms with Gasteiger partial charge in [0.25, 0.3) is 0 Å². The van der Waals surface area contributed by atoms with E-state index in [1.54, 1.807) is 0 Å². The van der Waals surface area contributed by atoms with Gasteiger partial charge in [-0.3, -0.25) is 9.59 Å². The third-order valence-electron chi connectivity index (χ3n) is 2.77. The molecule has 5 heteroatoms. The van der Waals surface area contributed by atoms with Crippen molar-refractivity contribution in [2.45, 2.75) is 66.1 Å². The van der Waals surface area contributed by atoms with Gasteiger partial charge in [-0.25, -0.2) is 0 Å². The van der Waals surface area contributed by atoms with Crippen LogP contribution in [0.25, 0.3) is 0 Å². The molecule has 5 nitrogen and oxygen atoms in total. The zero-order valence-electron chi connectivity index (χ0n) is 13.2. The monoisotopic (exact) mass is 271 g/mol. The van der Waals surface area contributed by atoms with Gasteiger partial charge in [0, 0.05) is 5.54 Å². The van der Waals surface area contributed by atoms with Crippen LogP contribution in [0.2, 0.25) is 0 Å². The smallest absolute Gasteiger partial charge is 0.243 e. The van der Waals surface area contributed by atoms with Crippen molar-refractivity contribution in [3.8, 4) is 0 Å². The number of rotatable bonds is 5. The van der Waals surface area contributed by atoms with Gasteiger partial charge in [-0.2, -0.15) is 0 Å². The van der Waals surface area contributed by atoms with E-state index in [0.29, 0.717) is 0 Å². The van der Waals surface area contributed by atoms with Crippen molar-refractivity contribution >= 4 is 11.8 Å². The van der Waals surface area contributed by atoms with Crippen molar-refractivity contribution in [3.63, 3.8) is 0 Å². The zero-order chi connectivity index (χ0) is 15.4. The number of nitrogens with two attached hydrogens (primary N) is 1. The fourth-order valence-corrected chi connectivity index (χ4v) is 1.53. The van der Waals surface area contributed by atoms with Crippen molar-refractivity contribution < 1.29 is 9.59 Å². The van der Waals surface area contributed by atoms with Crippen molar-refractivity contribution in [2.24, 2.45) is 17.6 Å². The van der Waals surface area contributed by atoms with E-state index in [0.717, 1.165) is 0 Å². The van der Waals surface area contributed by atoms with Gasteiger partial charge in [-0.15, -0.1) is 0 Å². The highest BCUT2D eigenvalue weighted by atomic mass is 16.2. The summed E-state index contributed by atoms with van der Waals surface area (Å²) in [6.45, 7) is 13.3. The predicted molar refractivity (Wildman–Crippen MR) is 77.5 cm³/mol. The van der Waals surface area contributed by atoms with E-state index in [9.17, 15) is 9.59 Å². The van der Waals surface area contributed by atoms with E-state index >= 15 is 0 Å². The first-order chi connectivity index (χ1) is 8.45. The first-order valence-electron chi connectivity index (χ1n) is 6.83. The highest BCUT2D eigenvalue weighted by Crippen LogP contribution is 2.07. The summed E-state index contributed by atoms with van der Waals surface area (Å²) < 4.78 is 0. The Balaban J connectivity index is 4.76. The molecule has 0 saturated carbocycles. The summed E-state index contributed by atoms with van der Waals surface area (Å²) >= 11 is 0. The summed E-state index contributed by atoms with van der Waals surface area (Å²) in [4.78, 5) is 24.1. The Hall–Kier alpha value is -1.10. The minimum atomic E-state index is -0.594. The van der Waals surface area contributed by atoms with E-state index in [1.165, 1.54) is 0 Å². The fraction of sp³-hybridized carbons (Fsp3) is 0.857. The van der Waals surface area contributed by atoms with Crippen molar-refractivity contribution in [1.29, 1.82) is 0 Å². The molecular formula is C14H29N3O2. The fourth-order valence-electron chi connectivity index (χ4n) is 1.53. The first-order valence-corrected chi connectivity index (χ1v) is 6.83. The van der Waals surface area contributed by atoms with E-state index in [1.807, 2.05) is 48.5 Å². The van der Waals surface area contributed by atoms with Gasteiger partial charge in [-0.05, 0) is 32.6 Å². The van der Waals surface area contributed by atoms with Crippen LogP contribution in [0.15, 0.2) is 0 Å².